The van der Waals surface area contributed by atoms with E-state index in [1.165, 1.54) is 12.1 Å². The molecule has 0 radical (unpaired) electrons. The van der Waals surface area contributed by atoms with E-state index in [1.807, 2.05) is 0 Å². The maximum atomic E-state index is 12.4. The van der Waals surface area contributed by atoms with Crippen LogP contribution in [0.5, 0.6) is 0 Å². The SMILES string of the molecule is NC1=NC(N)(Cc2ccc(C(F)(F)F)cc2)NN1. The van der Waals surface area contributed by atoms with Crippen molar-refractivity contribution >= 4 is 5.96 Å². The lowest BCUT2D eigenvalue weighted by Gasteiger charge is -2.20. The molecule has 0 amide bonds. The number of alkyl halides is 3. The van der Waals surface area contributed by atoms with Crippen LogP contribution in [0.2, 0.25) is 0 Å². The Labute approximate surface area is 101 Å². The second kappa shape index (κ2) is 4.14. The summed E-state index contributed by atoms with van der Waals surface area (Å²) in [5.41, 5.74) is 16.4. The van der Waals surface area contributed by atoms with E-state index in [0.29, 0.717) is 5.56 Å². The van der Waals surface area contributed by atoms with Gasteiger partial charge in [-0.1, -0.05) is 12.1 Å². The monoisotopic (exact) mass is 259 g/mol. The summed E-state index contributed by atoms with van der Waals surface area (Å²) in [4.78, 5) is 3.91. The van der Waals surface area contributed by atoms with Crippen molar-refractivity contribution < 1.29 is 13.2 Å². The van der Waals surface area contributed by atoms with Gasteiger partial charge in [-0.05, 0) is 17.7 Å². The Morgan fingerprint density at radius 3 is 2.28 bits per heavy atom. The standard InChI is InChI=1S/C10H12F3N5/c11-10(12,13)7-3-1-6(2-4-7)5-9(15)16-8(14)17-18-9/h1-4,18H,5,15H2,(H3,14,16,17). The zero-order valence-corrected chi connectivity index (χ0v) is 9.25. The number of hydrazine groups is 1. The van der Waals surface area contributed by atoms with Crippen LogP contribution in [0, 0.1) is 0 Å². The van der Waals surface area contributed by atoms with Gasteiger partial charge in [0.2, 0.25) is 5.96 Å². The molecule has 0 aromatic heterocycles. The highest BCUT2D eigenvalue weighted by molar-refractivity contribution is 5.79. The molecule has 6 N–H and O–H groups in total. The molecule has 5 nitrogen and oxygen atoms in total. The normalized spacial score (nSPS) is 23.7. The molecule has 1 aromatic carbocycles. The number of benzene rings is 1. The van der Waals surface area contributed by atoms with Gasteiger partial charge in [0.25, 0.3) is 0 Å². The first-order valence-electron chi connectivity index (χ1n) is 5.12. The minimum Gasteiger partial charge on any atom is -0.369 e. The Kier molecular flexibility index (Phi) is 2.91. The van der Waals surface area contributed by atoms with Crippen molar-refractivity contribution in [2.75, 3.05) is 0 Å². The number of nitrogens with zero attached hydrogens (tertiary/aromatic N) is 1. The van der Waals surface area contributed by atoms with Crippen LogP contribution in [0.25, 0.3) is 0 Å². The Balaban J connectivity index is 2.12. The lowest BCUT2D eigenvalue weighted by molar-refractivity contribution is -0.137. The van der Waals surface area contributed by atoms with E-state index in [9.17, 15) is 13.2 Å². The number of halogens is 3. The van der Waals surface area contributed by atoms with Crippen molar-refractivity contribution in [1.82, 2.24) is 10.9 Å². The molecule has 0 spiro atoms. The number of rotatable bonds is 2. The molecular weight excluding hydrogens is 247 g/mol. The third kappa shape index (κ3) is 2.71. The van der Waals surface area contributed by atoms with Crippen molar-refractivity contribution in [3.8, 4) is 0 Å². The minimum atomic E-state index is -4.34. The zero-order valence-electron chi connectivity index (χ0n) is 9.25. The molecule has 1 atom stereocenters. The summed E-state index contributed by atoms with van der Waals surface area (Å²) in [6.45, 7) is 0. The molecule has 18 heavy (non-hydrogen) atoms. The van der Waals surface area contributed by atoms with Crippen LogP contribution in [0.15, 0.2) is 29.3 Å². The summed E-state index contributed by atoms with van der Waals surface area (Å²) in [6.07, 6.45) is -4.12. The number of guanidine groups is 1. The van der Waals surface area contributed by atoms with E-state index in [4.69, 9.17) is 11.5 Å². The lowest BCUT2D eigenvalue weighted by atomic mass is 10.1. The molecule has 0 saturated heterocycles. The predicted molar refractivity (Wildman–Crippen MR) is 60.0 cm³/mol. The summed E-state index contributed by atoms with van der Waals surface area (Å²) in [7, 11) is 0. The molecule has 1 unspecified atom stereocenters. The quantitative estimate of drug-likeness (QED) is 0.614. The van der Waals surface area contributed by atoms with Crippen molar-refractivity contribution in [2.24, 2.45) is 16.5 Å². The van der Waals surface area contributed by atoms with Crippen molar-refractivity contribution in [1.29, 1.82) is 0 Å². The Hall–Kier alpha value is -1.80. The second-order valence-electron chi connectivity index (χ2n) is 4.04. The van der Waals surface area contributed by atoms with Gasteiger partial charge in [-0.2, -0.15) is 18.6 Å². The fourth-order valence-corrected chi connectivity index (χ4v) is 1.65. The van der Waals surface area contributed by atoms with E-state index >= 15 is 0 Å². The summed E-state index contributed by atoms with van der Waals surface area (Å²) >= 11 is 0. The van der Waals surface area contributed by atoms with E-state index in [0.717, 1.165) is 12.1 Å². The summed E-state index contributed by atoms with van der Waals surface area (Å²) in [5, 5.41) is 0. The maximum Gasteiger partial charge on any atom is 0.416 e. The molecule has 0 aliphatic carbocycles. The Morgan fingerprint density at radius 1 is 1.22 bits per heavy atom. The van der Waals surface area contributed by atoms with Crippen LogP contribution in [0.4, 0.5) is 13.2 Å². The number of aliphatic imine (C=N–C) groups is 1. The van der Waals surface area contributed by atoms with Crippen LogP contribution in [-0.2, 0) is 12.6 Å². The van der Waals surface area contributed by atoms with Crippen LogP contribution in [0.3, 0.4) is 0 Å². The molecule has 98 valence electrons. The van der Waals surface area contributed by atoms with Gasteiger partial charge in [0.1, 0.15) is 0 Å². The van der Waals surface area contributed by atoms with Gasteiger partial charge in [0, 0.05) is 6.42 Å². The predicted octanol–water partition coefficient (Wildman–Crippen LogP) is 0.283. The number of hydrogen-bond acceptors (Lipinski definition) is 5. The van der Waals surface area contributed by atoms with Gasteiger partial charge >= 0.3 is 6.18 Å². The first kappa shape index (κ1) is 12.7. The fourth-order valence-electron chi connectivity index (χ4n) is 1.65. The first-order chi connectivity index (χ1) is 8.28. The van der Waals surface area contributed by atoms with Gasteiger partial charge in [-0.15, -0.1) is 0 Å². The van der Waals surface area contributed by atoms with E-state index in [2.05, 4.69) is 15.8 Å². The van der Waals surface area contributed by atoms with Crippen molar-refractivity contribution in [2.45, 2.75) is 18.4 Å². The van der Waals surface area contributed by atoms with E-state index in [-0.39, 0.29) is 12.4 Å². The molecule has 2 rings (SSSR count). The highest BCUT2D eigenvalue weighted by atomic mass is 19.4. The maximum absolute atomic E-state index is 12.4. The average Bonchev–Trinajstić information content (AvgIpc) is 2.58. The summed E-state index contributed by atoms with van der Waals surface area (Å²) < 4.78 is 37.1. The molecule has 0 bridgehead atoms. The van der Waals surface area contributed by atoms with Crippen molar-refractivity contribution in [3.05, 3.63) is 35.4 Å². The summed E-state index contributed by atoms with van der Waals surface area (Å²) in [6, 6.07) is 4.74. The van der Waals surface area contributed by atoms with E-state index < -0.39 is 17.5 Å². The fraction of sp³-hybridized carbons (Fsp3) is 0.300. The second-order valence-corrected chi connectivity index (χ2v) is 4.04. The van der Waals surface area contributed by atoms with Crippen molar-refractivity contribution in [3.63, 3.8) is 0 Å². The first-order valence-corrected chi connectivity index (χ1v) is 5.12. The molecule has 1 aliphatic rings. The van der Waals surface area contributed by atoms with Crippen LogP contribution in [-0.4, -0.2) is 11.7 Å². The molecule has 0 saturated carbocycles. The molecule has 1 heterocycles. The largest absolute Gasteiger partial charge is 0.416 e. The topological polar surface area (TPSA) is 88.5 Å². The van der Waals surface area contributed by atoms with Gasteiger partial charge in [0.05, 0.1) is 5.56 Å². The molecule has 8 heteroatoms. The van der Waals surface area contributed by atoms with Gasteiger partial charge in [-0.3, -0.25) is 11.2 Å². The summed E-state index contributed by atoms with van der Waals surface area (Å²) in [5.74, 6) is -0.992. The Morgan fingerprint density at radius 2 is 1.83 bits per heavy atom. The third-order valence-electron chi connectivity index (χ3n) is 2.48. The smallest absolute Gasteiger partial charge is 0.369 e. The lowest BCUT2D eigenvalue weighted by Crippen LogP contribution is -2.54. The van der Waals surface area contributed by atoms with Gasteiger partial charge < -0.3 is 5.73 Å². The zero-order chi connectivity index (χ0) is 13.4. The third-order valence-corrected chi connectivity index (χ3v) is 2.48. The number of nitrogens with one attached hydrogen (secondary N) is 2. The molecule has 0 fully saturated rings. The van der Waals surface area contributed by atoms with Crippen LogP contribution >= 0.6 is 0 Å². The van der Waals surface area contributed by atoms with E-state index in [1.54, 1.807) is 0 Å². The molecule has 1 aromatic rings. The molecule has 1 aliphatic heterocycles. The number of hydrogen-bond donors (Lipinski definition) is 4. The van der Waals surface area contributed by atoms with Gasteiger partial charge in [0.15, 0.2) is 5.79 Å². The Bertz CT molecular complexity index is 467. The highest BCUT2D eigenvalue weighted by Gasteiger charge is 2.32. The van der Waals surface area contributed by atoms with Crippen LogP contribution in [0.1, 0.15) is 11.1 Å². The minimum absolute atomic E-state index is 0.143. The van der Waals surface area contributed by atoms with Gasteiger partial charge in [-0.25, -0.2) is 4.99 Å². The average molecular weight is 259 g/mol. The molecular formula is C10H12F3N5. The van der Waals surface area contributed by atoms with Crippen LogP contribution < -0.4 is 22.3 Å². The number of nitrogens with two attached hydrogens (primary N) is 2. The highest BCUT2D eigenvalue weighted by Crippen LogP contribution is 2.29.